The Hall–Kier alpha value is -1.95. The van der Waals surface area contributed by atoms with Gasteiger partial charge in [-0.15, -0.1) is 0 Å². The van der Waals surface area contributed by atoms with E-state index in [-0.39, 0.29) is 11.6 Å². The van der Waals surface area contributed by atoms with Crippen LogP contribution < -0.4 is 10.2 Å². The first-order valence-corrected chi connectivity index (χ1v) is 5.32. The Balaban J connectivity index is 2.55. The Morgan fingerprint density at radius 1 is 1.35 bits per heavy atom. The molecule has 1 aromatic rings. The van der Waals surface area contributed by atoms with Gasteiger partial charge in [-0.3, -0.25) is 14.9 Å². The van der Waals surface area contributed by atoms with Gasteiger partial charge in [0.05, 0.1) is 32.1 Å². The van der Waals surface area contributed by atoms with Gasteiger partial charge in [-0.1, -0.05) is 0 Å². The van der Waals surface area contributed by atoms with Gasteiger partial charge >= 0.3 is 0 Å². The molecule has 0 bridgehead atoms. The highest BCUT2D eigenvalue weighted by Gasteiger charge is 2.09. The second-order valence-corrected chi connectivity index (χ2v) is 4.02. The van der Waals surface area contributed by atoms with E-state index in [1.165, 1.54) is 29.2 Å². The summed E-state index contributed by atoms with van der Waals surface area (Å²) in [6.45, 7) is 1.41. The number of carbonyl (C=O) groups excluding carboxylic acids is 1. The molecular weight excluding hydrogens is 222 g/mol. The monoisotopic (exact) mass is 238 g/mol. The van der Waals surface area contributed by atoms with Crippen molar-refractivity contribution in [3.8, 4) is 0 Å². The number of nitro groups is 1. The second kappa shape index (κ2) is 5.95. The summed E-state index contributed by atoms with van der Waals surface area (Å²) in [7, 11) is 4.00. The first kappa shape index (κ1) is 13.1. The number of quaternary nitrogens is 1. The van der Waals surface area contributed by atoms with Crippen LogP contribution in [0.4, 0.5) is 5.69 Å². The molecular formula is C11H16N3O3+. The van der Waals surface area contributed by atoms with Crippen molar-refractivity contribution in [3.05, 3.63) is 39.9 Å². The Morgan fingerprint density at radius 3 is 2.41 bits per heavy atom. The van der Waals surface area contributed by atoms with Crippen molar-refractivity contribution >= 4 is 11.6 Å². The van der Waals surface area contributed by atoms with Gasteiger partial charge in [0.2, 0.25) is 0 Å². The number of non-ortho nitro benzene ring substituents is 1. The van der Waals surface area contributed by atoms with Crippen LogP contribution in [0.25, 0.3) is 0 Å². The van der Waals surface area contributed by atoms with Crippen LogP contribution >= 0.6 is 0 Å². The third-order valence-corrected chi connectivity index (χ3v) is 2.25. The van der Waals surface area contributed by atoms with Crippen molar-refractivity contribution in [2.75, 3.05) is 27.2 Å². The molecule has 0 spiro atoms. The summed E-state index contributed by atoms with van der Waals surface area (Å²) in [6.07, 6.45) is 0. The van der Waals surface area contributed by atoms with E-state index in [0.29, 0.717) is 12.1 Å². The summed E-state index contributed by atoms with van der Waals surface area (Å²) in [6, 6.07) is 5.56. The molecule has 0 aliphatic heterocycles. The minimum absolute atomic E-state index is 0.0146. The maximum atomic E-state index is 11.6. The number of amides is 1. The van der Waals surface area contributed by atoms with Crippen LogP contribution in [0.1, 0.15) is 10.4 Å². The molecule has 0 aliphatic carbocycles. The Kier molecular flexibility index (Phi) is 4.59. The molecule has 1 rings (SSSR count). The van der Waals surface area contributed by atoms with Gasteiger partial charge in [0.15, 0.2) is 0 Å². The summed E-state index contributed by atoms with van der Waals surface area (Å²) in [5.74, 6) is -0.207. The molecule has 0 atom stereocenters. The largest absolute Gasteiger partial charge is 0.346 e. The van der Waals surface area contributed by atoms with Crippen LogP contribution in [0.5, 0.6) is 0 Å². The molecule has 0 heterocycles. The van der Waals surface area contributed by atoms with Crippen molar-refractivity contribution < 1.29 is 14.6 Å². The van der Waals surface area contributed by atoms with E-state index in [0.717, 1.165) is 6.54 Å². The number of nitrogens with zero attached hydrogens (tertiary/aromatic N) is 1. The highest BCUT2D eigenvalue weighted by molar-refractivity contribution is 5.94. The molecule has 0 aromatic heterocycles. The smallest absolute Gasteiger partial charge is 0.269 e. The van der Waals surface area contributed by atoms with Gasteiger partial charge in [0.1, 0.15) is 0 Å². The number of hydrogen-bond acceptors (Lipinski definition) is 3. The van der Waals surface area contributed by atoms with Gasteiger partial charge in [-0.05, 0) is 12.1 Å². The fraction of sp³-hybridized carbons (Fsp3) is 0.364. The number of benzene rings is 1. The molecule has 0 unspecified atom stereocenters. The molecule has 0 radical (unpaired) electrons. The third-order valence-electron chi connectivity index (χ3n) is 2.25. The molecule has 1 amide bonds. The van der Waals surface area contributed by atoms with E-state index in [4.69, 9.17) is 0 Å². The number of hydrogen-bond donors (Lipinski definition) is 2. The SMILES string of the molecule is C[NH+](C)CCNC(=O)c1ccc([N+](=O)[O-])cc1. The zero-order chi connectivity index (χ0) is 12.8. The van der Waals surface area contributed by atoms with Crippen LogP contribution in [0.3, 0.4) is 0 Å². The van der Waals surface area contributed by atoms with Crippen molar-refractivity contribution in [3.63, 3.8) is 0 Å². The van der Waals surface area contributed by atoms with E-state index in [2.05, 4.69) is 5.32 Å². The first-order chi connectivity index (χ1) is 8.00. The van der Waals surface area contributed by atoms with Crippen molar-refractivity contribution in [2.24, 2.45) is 0 Å². The predicted octanol–water partition coefficient (Wildman–Crippen LogP) is -0.531. The maximum absolute atomic E-state index is 11.6. The number of carbonyl (C=O) groups is 1. The van der Waals surface area contributed by atoms with Gasteiger partial charge in [0, 0.05) is 17.7 Å². The number of likely N-dealkylation sites (N-methyl/N-ethyl adjacent to an activating group) is 1. The van der Waals surface area contributed by atoms with Crippen LogP contribution in [-0.4, -0.2) is 38.0 Å². The van der Waals surface area contributed by atoms with Crippen LogP contribution in [-0.2, 0) is 0 Å². The maximum Gasteiger partial charge on any atom is 0.269 e. The molecule has 0 saturated heterocycles. The second-order valence-electron chi connectivity index (χ2n) is 4.02. The summed E-state index contributed by atoms with van der Waals surface area (Å²) in [4.78, 5) is 22.8. The lowest BCUT2D eigenvalue weighted by Crippen LogP contribution is -3.06. The zero-order valence-electron chi connectivity index (χ0n) is 9.90. The van der Waals surface area contributed by atoms with E-state index in [1.54, 1.807) is 0 Å². The van der Waals surface area contributed by atoms with Crippen LogP contribution in [0.15, 0.2) is 24.3 Å². The normalized spacial score (nSPS) is 10.3. The molecule has 92 valence electrons. The Labute approximate surface area is 99.4 Å². The van der Waals surface area contributed by atoms with Crippen molar-refractivity contribution in [1.82, 2.24) is 5.32 Å². The van der Waals surface area contributed by atoms with Gasteiger partial charge < -0.3 is 10.2 Å². The molecule has 2 N–H and O–H groups in total. The highest BCUT2D eigenvalue weighted by atomic mass is 16.6. The fourth-order valence-corrected chi connectivity index (χ4v) is 1.26. The lowest BCUT2D eigenvalue weighted by Gasteiger charge is -2.08. The number of nitro benzene ring substituents is 1. The fourth-order valence-electron chi connectivity index (χ4n) is 1.26. The van der Waals surface area contributed by atoms with E-state index in [1.807, 2.05) is 14.1 Å². The van der Waals surface area contributed by atoms with Crippen LogP contribution in [0.2, 0.25) is 0 Å². The van der Waals surface area contributed by atoms with E-state index in [9.17, 15) is 14.9 Å². The highest BCUT2D eigenvalue weighted by Crippen LogP contribution is 2.11. The average molecular weight is 238 g/mol. The quantitative estimate of drug-likeness (QED) is 0.535. The summed E-state index contributed by atoms with van der Waals surface area (Å²) in [5.41, 5.74) is 0.420. The summed E-state index contributed by atoms with van der Waals surface area (Å²) in [5, 5.41) is 13.2. The van der Waals surface area contributed by atoms with Gasteiger partial charge in [0.25, 0.3) is 11.6 Å². The molecule has 0 aliphatic rings. The minimum Gasteiger partial charge on any atom is -0.346 e. The molecule has 0 saturated carbocycles. The Morgan fingerprint density at radius 2 is 1.94 bits per heavy atom. The summed E-state index contributed by atoms with van der Waals surface area (Å²) < 4.78 is 0. The van der Waals surface area contributed by atoms with Gasteiger partial charge in [-0.25, -0.2) is 0 Å². The van der Waals surface area contributed by atoms with E-state index < -0.39 is 4.92 Å². The number of nitrogens with one attached hydrogen (secondary N) is 2. The van der Waals surface area contributed by atoms with Crippen LogP contribution in [0, 0.1) is 10.1 Å². The zero-order valence-corrected chi connectivity index (χ0v) is 9.90. The predicted molar refractivity (Wildman–Crippen MR) is 63.1 cm³/mol. The lowest BCUT2D eigenvalue weighted by atomic mass is 10.2. The topological polar surface area (TPSA) is 76.7 Å². The van der Waals surface area contributed by atoms with Crippen molar-refractivity contribution in [1.29, 1.82) is 0 Å². The van der Waals surface area contributed by atoms with Crippen molar-refractivity contribution in [2.45, 2.75) is 0 Å². The third kappa shape index (κ3) is 4.20. The Bertz CT molecular complexity index is 401. The average Bonchev–Trinajstić information content (AvgIpc) is 2.28. The molecule has 0 fully saturated rings. The van der Waals surface area contributed by atoms with Gasteiger partial charge in [-0.2, -0.15) is 0 Å². The first-order valence-electron chi connectivity index (χ1n) is 5.32. The molecule has 1 aromatic carbocycles. The molecule has 17 heavy (non-hydrogen) atoms. The molecule has 6 heteroatoms. The lowest BCUT2D eigenvalue weighted by molar-refractivity contribution is -0.856. The van der Waals surface area contributed by atoms with E-state index >= 15 is 0 Å². The standard InChI is InChI=1S/C11H15N3O3/c1-13(2)8-7-12-11(15)9-3-5-10(6-4-9)14(16)17/h3-6H,7-8H2,1-2H3,(H,12,15)/p+1. The minimum atomic E-state index is -0.489. The summed E-state index contributed by atoms with van der Waals surface area (Å²) >= 11 is 0. The number of rotatable bonds is 5. The molecule has 6 nitrogen and oxygen atoms in total.